The summed E-state index contributed by atoms with van der Waals surface area (Å²) in [5.41, 5.74) is 3.86. The Morgan fingerprint density at radius 1 is 0.595 bits per heavy atom. The van der Waals surface area contributed by atoms with E-state index in [0.717, 1.165) is 22.2 Å². The topological polar surface area (TPSA) is 9.23 Å². The monoisotopic (exact) mass is 506 g/mol. The van der Waals surface area contributed by atoms with Gasteiger partial charge in [0.25, 0.3) is 0 Å². The van der Waals surface area contributed by atoms with E-state index in [1.54, 1.807) is 0 Å². The molecule has 0 amide bonds. The summed E-state index contributed by atoms with van der Waals surface area (Å²) in [5, 5.41) is 0. The van der Waals surface area contributed by atoms with Crippen LogP contribution in [-0.4, -0.2) is 52.5 Å². The number of ether oxygens (including phenoxy) is 1. The fourth-order valence-corrected chi connectivity index (χ4v) is 7.58. The van der Waals surface area contributed by atoms with E-state index in [1.807, 2.05) is 0 Å². The van der Waals surface area contributed by atoms with Crippen LogP contribution in [0.3, 0.4) is 0 Å². The van der Waals surface area contributed by atoms with Crippen LogP contribution in [0.25, 0.3) is 0 Å². The van der Waals surface area contributed by atoms with Gasteiger partial charge in [-0.3, -0.25) is 8.97 Å². The molecule has 0 aromatic heterocycles. The van der Waals surface area contributed by atoms with Crippen molar-refractivity contribution >= 4 is 11.4 Å². The standard InChI is InChI=1S/C34H54N2O/c1-33(2)21-15-25-35(29-33,31-17-7-5-8-18-31)23-11-13-27-37-28-14-12-24-36(32-19-9-6-10-20-32)26-16-22-34(3,4)30-36/h5-10,17-20H,11-16,21-30H2,1-4H3/q+2. The zero-order valence-corrected chi connectivity index (χ0v) is 24.4. The fourth-order valence-electron chi connectivity index (χ4n) is 7.58. The smallest absolute Gasteiger partial charge is 0.132 e. The summed E-state index contributed by atoms with van der Waals surface area (Å²) < 4.78 is 8.47. The first-order valence-electron chi connectivity index (χ1n) is 15.2. The first kappa shape index (κ1) is 28.3. The summed E-state index contributed by atoms with van der Waals surface area (Å²) in [4.78, 5) is 0. The Morgan fingerprint density at radius 3 is 1.38 bits per heavy atom. The highest BCUT2D eigenvalue weighted by Gasteiger charge is 2.41. The Kier molecular flexibility index (Phi) is 9.53. The second-order valence-electron chi connectivity index (χ2n) is 13.7. The molecule has 0 radical (unpaired) electrons. The van der Waals surface area contributed by atoms with Crippen LogP contribution in [0.15, 0.2) is 60.7 Å². The predicted octanol–water partition coefficient (Wildman–Crippen LogP) is 8.22. The first-order chi connectivity index (χ1) is 17.7. The molecule has 2 aromatic carbocycles. The molecule has 3 nitrogen and oxygen atoms in total. The maximum Gasteiger partial charge on any atom is 0.132 e. The van der Waals surface area contributed by atoms with Gasteiger partial charge in [0.2, 0.25) is 0 Å². The van der Waals surface area contributed by atoms with Gasteiger partial charge in [0.15, 0.2) is 0 Å². The summed E-state index contributed by atoms with van der Waals surface area (Å²) >= 11 is 0. The third-order valence-corrected chi connectivity index (χ3v) is 9.20. The minimum absolute atomic E-state index is 0.424. The van der Waals surface area contributed by atoms with E-state index < -0.39 is 0 Å². The van der Waals surface area contributed by atoms with E-state index >= 15 is 0 Å². The van der Waals surface area contributed by atoms with Gasteiger partial charge in [-0.15, -0.1) is 0 Å². The molecule has 2 aromatic rings. The largest absolute Gasteiger partial charge is 0.381 e. The quantitative estimate of drug-likeness (QED) is 0.208. The Hall–Kier alpha value is -1.68. The SMILES string of the molecule is CC1(C)CCC[N+](CCCCOCCCC[N+]2(c3ccccc3)CCCC(C)(C)C2)(c2ccccc2)C1. The highest BCUT2D eigenvalue weighted by Crippen LogP contribution is 2.39. The number of rotatable bonds is 12. The lowest BCUT2D eigenvalue weighted by Crippen LogP contribution is -2.58. The Morgan fingerprint density at radius 2 is 1.00 bits per heavy atom. The molecule has 2 saturated heterocycles. The van der Waals surface area contributed by atoms with Gasteiger partial charge in [-0.05, 0) is 75.6 Å². The molecule has 2 aliphatic rings. The molecule has 0 spiro atoms. The molecule has 37 heavy (non-hydrogen) atoms. The molecule has 0 bridgehead atoms. The number of quaternary nitrogens is 2. The van der Waals surface area contributed by atoms with Gasteiger partial charge in [0.1, 0.15) is 11.4 Å². The van der Waals surface area contributed by atoms with Gasteiger partial charge in [-0.25, -0.2) is 0 Å². The van der Waals surface area contributed by atoms with Crippen LogP contribution in [0.1, 0.15) is 79.1 Å². The molecule has 3 heteroatoms. The highest BCUT2D eigenvalue weighted by molar-refractivity contribution is 5.44. The molecule has 0 N–H and O–H groups in total. The van der Waals surface area contributed by atoms with Crippen LogP contribution < -0.4 is 8.97 Å². The average Bonchev–Trinajstić information content (AvgIpc) is 2.88. The third-order valence-electron chi connectivity index (χ3n) is 9.20. The van der Waals surface area contributed by atoms with E-state index in [2.05, 4.69) is 88.4 Å². The fraction of sp³-hybridized carbons (Fsp3) is 0.647. The van der Waals surface area contributed by atoms with Crippen LogP contribution in [0, 0.1) is 10.8 Å². The lowest BCUT2D eigenvalue weighted by molar-refractivity contribution is 0.0971. The second kappa shape index (κ2) is 12.5. The molecule has 2 aliphatic heterocycles. The lowest BCUT2D eigenvalue weighted by atomic mass is 9.82. The summed E-state index contributed by atoms with van der Waals surface area (Å²) in [6.45, 7) is 19.2. The van der Waals surface area contributed by atoms with Crippen molar-refractivity contribution in [3.8, 4) is 0 Å². The number of benzene rings is 2. The van der Waals surface area contributed by atoms with Crippen LogP contribution in [-0.2, 0) is 4.74 Å². The second-order valence-corrected chi connectivity index (χ2v) is 13.7. The van der Waals surface area contributed by atoms with Crippen LogP contribution in [0.5, 0.6) is 0 Å². The van der Waals surface area contributed by atoms with Gasteiger partial charge in [-0.2, -0.15) is 0 Å². The van der Waals surface area contributed by atoms with Crippen molar-refractivity contribution in [1.82, 2.24) is 8.97 Å². The number of piperidine rings is 2. The molecule has 2 atom stereocenters. The number of nitrogens with zero attached hydrogens (tertiary/aromatic N) is 2. The normalized spacial score (nSPS) is 27.1. The Bertz CT molecular complexity index is 863. The first-order valence-corrected chi connectivity index (χ1v) is 15.2. The molecule has 2 unspecified atom stereocenters. The average molecular weight is 507 g/mol. The number of para-hydroxylation sites is 2. The Balaban J connectivity index is 1.20. The van der Waals surface area contributed by atoms with Crippen molar-refractivity contribution in [3.05, 3.63) is 60.7 Å². The Labute approximate surface area is 228 Å². The van der Waals surface area contributed by atoms with Crippen LogP contribution >= 0.6 is 0 Å². The van der Waals surface area contributed by atoms with E-state index in [0.29, 0.717) is 10.8 Å². The highest BCUT2D eigenvalue weighted by atomic mass is 16.5. The van der Waals surface area contributed by atoms with Crippen molar-refractivity contribution in [2.24, 2.45) is 10.8 Å². The minimum Gasteiger partial charge on any atom is -0.381 e. The third kappa shape index (κ3) is 7.68. The molecule has 204 valence electrons. The summed E-state index contributed by atoms with van der Waals surface area (Å²) in [7, 11) is 0. The minimum atomic E-state index is 0.424. The number of hydrogen-bond acceptors (Lipinski definition) is 1. The van der Waals surface area contributed by atoms with Crippen molar-refractivity contribution < 1.29 is 4.74 Å². The van der Waals surface area contributed by atoms with E-state index in [-0.39, 0.29) is 0 Å². The maximum atomic E-state index is 6.16. The van der Waals surface area contributed by atoms with E-state index in [4.69, 9.17) is 4.74 Å². The maximum absolute atomic E-state index is 6.16. The molecule has 4 rings (SSSR count). The van der Waals surface area contributed by atoms with Gasteiger partial charge in [-0.1, -0.05) is 64.1 Å². The van der Waals surface area contributed by atoms with Gasteiger partial charge >= 0.3 is 0 Å². The van der Waals surface area contributed by atoms with Crippen LogP contribution in [0.2, 0.25) is 0 Å². The molecule has 0 aliphatic carbocycles. The van der Waals surface area contributed by atoms with Crippen molar-refractivity contribution in [1.29, 1.82) is 0 Å². The summed E-state index contributed by atoms with van der Waals surface area (Å²) in [5.74, 6) is 0. The van der Waals surface area contributed by atoms with E-state index in [1.165, 1.54) is 102 Å². The van der Waals surface area contributed by atoms with Crippen molar-refractivity contribution in [3.63, 3.8) is 0 Å². The number of likely N-dealkylation sites (tertiary alicyclic amines) is 2. The molecular weight excluding hydrogens is 452 g/mol. The lowest BCUT2D eigenvalue weighted by Gasteiger charge is -2.47. The predicted molar refractivity (Wildman–Crippen MR) is 161 cm³/mol. The molecular formula is C34H54N2O+2. The zero-order chi connectivity index (χ0) is 26.2. The van der Waals surface area contributed by atoms with Crippen LogP contribution in [0.4, 0.5) is 11.4 Å². The van der Waals surface area contributed by atoms with Crippen molar-refractivity contribution in [2.45, 2.75) is 79.1 Å². The van der Waals surface area contributed by atoms with Gasteiger partial charge in [0.05, 0.1) is 39.3 Å². The van der Waals surface area contributed by atoms with Gasteiger partial charge < -0.3 is 4.74 Å². The summed E-state index contributed by atoms with van der Waals surface area (Å²) in [6.07, 6.45) is 10.2. The molecule has 2 heterocycles. The molecule has 2 fully saturated rings. The molecule has 0 saturated carbocycles. The van der Waals surface area contributed by atoms with E-state index in [9.17, 15) is 0 Å². The zero-order valence-electron chi connectivity index (χ0n) is 24.4. The van der Waals surface area contributed by atoms with Crippen molar-refractivity contribution in [2.75, 3.05) is 52.5 Å². The van der Waals surface area contributed by atoms with Gasteiger partial charge in [0, 0.05) is 24.0 Å². The number of unbranched alkanes of at least 4 members (excludes halogenated alkanes) is 2. The number of hydrogen-bond donors (Lipinski definition) is 0. The summed E-state index contributed by atoms with van der Waals surface area (Å²) in [6, 6.07) is 22.6.